The van der Waals surface area contributed by atoms with E-state index < -0.39 is 0 Å². The van der Waals surface area contributed by atoms with Crippen molar-refractivity contribution in [1.82, 2.24) is 9.55 Å². The topological polar surface area (TPSA) is 53.4 Å². The van der Waals surface area contributed by atoms with Gasteiger partial charge < -0.3 is 9.47 Å². The Labute approximate surface area is 163 Å². The summed E-state index contributed by atoms with van der Waals surface area (Å²) < 4.78 is 12.5. The molecule has 0 aliphatic heterocycles. The van der Waals surface area contributed by atoms with Gasteiger partial charge in [0.25, 0.3) is 0 Å². The number of benzene rings is 2. The van der Waals surface area contributed by atoms with Gasteiger partial charge in [-0.1, -0.05) is 48.5 Å². The Morgan fingerprint density at radius 1 is 0.964 bits per heavy atom. The molecule has 4 rings (SSSR count). The molecule has 0 aliphatic rings. The molecule has 5 heteroatoms. The Morgan fingerprint density at radius 3 is 2.46 bits per heavy atom. The molecule has 2 aromatic heterocycles. The zero-order chi connectivity index (χ0) is 19.5. The summed E-state index contributed by atoms with van der Waals surface area (Å²) in [5.41, 5.74) is 3.50. The van der Waals surface area contributed by atoms with Crippen LogP contribution in [0.3, 0.4) is 0 Å². The quantitative estimate of drug-likeness (QED) is 0.514. The highest BCUT2D eigenvalue weighted by atomic mass is 16.5. The van der Waals surface area contributed by atoms with Crippen LogP contribution >= 0.6 is 0 Å². The Kier molecular flexibility index (Phi) is 4.81. The van der Waals surface area contributed by atoms with E-state index in [1.54, 1.807) is 25.0 Å². The maximum atomic E-state index is 13.2. The number of fused-ring (bicyclic) bond motifs is 1. The minimum Gasteiger partial charge on any atom is -0.496 e. The van der Waals surface area contributed by atoms with Crippen LogP contribution in [0.15, 0.2) is 73.1 Å². The molecule has 28 heavy (non-hydrogen) atoms. The number of nitrogens with zero attached hydrogens (tertiary/aromatic N) is 2. The van der Waals surface area contributed by atoms with Crippen molar-refractivity contribution in [2.45, 2.75) is 6.42 Å². The van der Waals surface area contributed by atoms with Gasteiger partial charge in [-0.3, -0.25) is 9.36 Å². The highest BCUT2D eigenvalue weighted by Crippen LogP contribution is 2.34. The maximum Gasteiger partial charge on any atom is 0.238 e. The van der Waals surface area contributed by atoms with Gasteiger partial charge in [0.05, 0.1) is 20.6 Å². The summed E-state index contributed by atoms with van der Waals surface area (Å²) in [5.74, 6) is 1.04. The number of aromatic nitrogens is 2. The molecule has 0 spiro atoms. The fourth-order valence-electron chi connectivity index (χ4n) is 3.44. The zero-order valence-corrected chi connectivity index (χ0v) is 15.8. The minimum atomic E-state index is -0.0806. The van der Waals surface area contributed by atoms with E-state index in [4.69, 9.17) is 9.47 Å². The van der Waals surface area contributed by atoms with Crippen molar-refractivity contribution in [2.24, 2.45) is 0 Å². The number of hydrogen-bond donors (Lipinski definition) is 0. The van der Waals surface area contributed by atoms with Gasteiger partial charge in [0.2, 0.25) is 11.8 Å². The van der Waals surface area contributed by atoms with Crippen LogP contribution in [0.1, 0.15) is 10.4 Å². The molecule has 0 bridgehead atoms. The van der Waals surface area contributed by atoms with E-state index >= 15 is 0 Å². The SMILES string of the molecule is COc1ccccc1CC(=O)n1cc(-c2ccccc2)c2ccnc(OC)c21. The number of carbonyl (C=O) groups is 1. The number of rotatable bonds is 5. The molecular formula is C23H20N2O3. The molecule has 0 atom stereocenters. The minimum absolute atomic E-state index is 0.0806. The van der Waals surface area contributed by atoms with Gasteiger partial charge in [0.1, 0.15) is 11.3 Å². The van der Waals surface area contributed by atoms with Gasteiger partial charge in [0.15, 0.2) is 0 Å². The third kappa shape index (κ3) is 3.11. The molecule has 140 valence electrons. The van der Waals surface area contributed by atoms with Crippen molar-refractivity contribution in [3.8, 4) is 22.8 Å². The van der Waals surface area contributed by atoms with Crippen molar-refractivity contribution in [3.05, 3.63) is 78.6 Å². The predicted octanol–water partition coefficient (Wildman–Crippen LogP) is 4.60. The van der Waals surface area contributed by atoms with Crippen LogP contribution in [0.5, 0.6) is 11.6 Å². The number of carbonyl (C=O) groups excluding carboxylic acids is 1. The number of pyridine rings is 1. The second kappa shape index (κ2) is 7.56. The van der Waals surface area contributed by atoms with Gasteiger partial charge in [-0.25, -0.2) is 4.98 Å². The smallest absolute Gasteiger partial charge is 0.238 e. The summed E-state index contributed by atoms with van der Waals surface area (Å²) in [5, 5.41) is 0.923. The van der Waals surface area contributed by atoms with E-state index in [1.165, 1.54) is 0 Å². The first-order valence-corrected chi connectivity index (χ1v) is 8.97. The fraction of sp³-hybridized carbons (Fsp3) is 0.130. The van der Waals surface area contributed by atoms with E-state index in [-0.39, 0.29) is 12.3 Å². The van der Waals surface area contributed by atoms with Crippen molar-refractivity contribution < 1.29 is 14.3 Å². The third-order valence-corrected chi connectivity index (χ3v) is 4.76. The second-order valence-corrected chi connectivity index (χ2v) is 6.38. The number of ether oxygens (including phenoxy) is 2. The van der Waals surface area contributed by atoms with Crippen LogP contribution < -0.4 is 9.47 Å². The number of methoxy groups -OCH3 is 2. The first-order chi connectivity index (χ1) is 13.7. The largest absolute Gasteiger partial charge is 0.496 e. The molecule has 0 amide bonds. The molecule has 0 saturated heterocycles. The van der Waals surface area contributed by atoms with Crippen LogP contribution in [-0.4, -0.2) is 29.7 Å². The van der Waals surface area contributed by atoms with E-state index in [9.17, 15) is 4.79 Å². The van der Waals surface area contributed by atoms with Crippen molar-refractivity contribution in [2.75, 3.05) is 14.2 Å². The molecule has 0 fully saturated rings. The Hall–Kier alpha value is -3.60. The summed E-state index contributed by atoms with van der Waals surface area (Å²) in [6.07, 6.45) is 3.77. The predicted molar refractivity (Wildman–Crippen MR) is 109 cm³/mol. The summed E-state index contributed by atoms with van der Waals surface area (Å²) in [6, 6.07) is 19.4. The lowest BCUT2D eigenvalue weighted by Crippen LogP contribution is -2.13. The molecule has 0 N–H and O–H groups in total. The van der Waals surface area contributed by atoms with Gasteiger partial charge in [-0.2, -0.15) is 0 Å². The van der Waals surface area contributed by atoms with Crippen LogP contribution in [-0.2, 0) is 6.42 Å². The van der Waals surface area contributed by atoms with E-state index in [1.807, 2.05) is 66.9 Å². The molecular weight excluding hydrogens is 352 g/mol. The van der Waals surface area contributed by atoms with Crippen LogP contribution in [0.25, 0.3) is 22.0 Å². The summed E-state index contributed by atoms with van der Waals surface area (Å²) in [4.78, 5) is 17.5. The number of para-hydroxylation sites is 1. The van der Waals surface area contributed by atoms with Gasteiger partial charge in [-0.05, 0) is 17.7 Å². The van der Waals surface area contributed by atoms with E-state index in [0.717, 1.165) is 22.1 Å². The lowest BCUT2D eigenvalue weighted by atomic mass is 10.1. The first kappa shape index (κ1) is 17.8. The van der Waals surface area contributed by atoms with Crippen LogP contribution in [0, 0.1) is 0 Å². The summed E-state index contributed by atoms with van der Waals surface area (Å²) in [7, 11) is 3.17. The maximum absolute atomic E-state index is 13.2. The summed E-state index contributed by atoms with van der Waals surface area (Å²) in [6.45, 7) is 0. The fourth-order valence-corrected chi connectivity index (χ4v) is 3.44. The zero-order valence-electron chi connectivity index (χ0n) is 15.8. The molecule has 4 aromatic rings. The average Bonchev–Trinajstić information content (AvgIpc) is 3.15. The molecule has 5 nitrogen and oxygen atoms in total. The van der Waals surface area contributed by atoms with Crippen molar-refractivity contribution >= 4 is 16.8 Å². The van der Waals surface area contributed by atoms with Crippen molar-refractivity contribution in [3.63, 3.8) is 0 Å². The summed E-state index contributed by atoms with van der Waals surface area (Å²) >= 11 is 0. The molecule has 2 heterocycles. The van der Waals surface area contributed by atoms with E-state index in [0.29, 0.717) is 17.1 Å². The first-order valence-electron chi connectivity index (χ1n) is 8.97. The third-order valence-electron chi connectivity index (χ3n) is 4.76. The Balaban J connectivity index is 1.85. The van der Waals surface area contributed by atoms with Gasteiger partial charge in [0, 0.05) is 28.9 Å². The lowest BCUT2D eigenvalue weighted by molar-refractivity contribution is 0.0918. The van der Waals surface area contributed by atoms with Crippen LogP contribution in [0.2, 0.25) is 0 Å². The highest BCUT2D eigenvalue weighted by molar-refractivity contribution is 6.04. The second-order valence-electron chi connectivity index (χ2n) is 6.38. The molecule has 2 aromatic carbocycles. The lowest BCUT2D eigenvalue weighted by Gasteiger charge is -2.09. The monoisotopic (exact) mass is 372 g/mol. The molecule has 0 saturated carbocycles. The molecule has 0 aliphatic carbocycles. The van der Waals surface area contributed by atoms with Gasteiger partial charge >= 0.3 is 0 Å². The van der Waals surface area contributed by atoms with Crippen LogP contribution in [0.4, 0.5) is 0 Å². The standard InChI is InChI=1S/C23H20N2O3/c1-27-20-11-7-6-10-17(20)14-21(26)25-15-19(16-8-4-3-5-9-16)18-12-13-24-23(28-2)22(18)25/h3-13,15H,14H2,1-2H3. The van der Waals surface area contributed by atoms with E-state index in [2.05, 4.69) is 4.98 Å². The average molecular weight is 372 g/mol. The van der Waals surface area contributed by atoms with Crippen molar-refractivity contribution in [1.29, 1.82) is 0 Å². The Morgan fingerprint density at radius 2 is 1.71 bits per heavy atom. The van der Waals surface area contributed by atoms with Gasteiger partial charge in [-0.15, -0.1) is 0 Å². The highest BCUT2D eigenvalue weighted by Gasteiger charge is 2.20. The Bertz CT molecular complexity index is 1130. The number of hydrogen-bond acceptors (Lipinski definition) is 4. The molecule has 0 unspecified atom stereocenters. The molecule has 0 radical (unpaired) electrons. The normalized spacial score (nSPS) is 10.8.